The van der Waals surface area contributed by atoms with Gasteiger partial charge in [0.15, 0.2) is 0 Å². The van der Waals surface area contributed by atoms with Crippen LogP contribution in [-0.4, -0.2) is 42.9 Å². The SMILES string of the molecule is CCCCC(=O)N(Cc1ccc(-c2ccccc2S(=O)(=O)Nc2onc(C)c2C)cc1)[C@H](C(=O)NCCC)C(C)C. The van der Waals surface area contributed by atoms with E-state index < -0.39 is 16.1 Å². The summed E-state index contributed by atoms with van der Waals surface area (Å²) in [5.74, 6) is -0.185. The van der Waals surface area contributed by atoms with E-state index in [0.717, 1.165) is 24.8 Å². The van der Waals surface area contributed by atoms with Crippen LogP contribution in [0.1, 0.15) is 70.2 Å². The maximum Gasteiger partial charge on any atom is 0.264 e. The molecule has 1 aromatic heterocycles. The van der Waals surface area contributed by atoms with Crippen molar-refractivity contribution in [3.8, 4) is 11.1 Å². The number of hydrogen-bond donors (Lipinski definition) is 2. The molecule has 0 fully saturated rings. The Bertz CT molecular complexity index is 1430. The highest BCUT2D eigenvalue weighted by molar-refractivity contribution is 7.92. The molecule has 10 heteroatoms. The molecule has 2 amide bonds. The first-order chi connectivity index (χ1) is 19.5. The predicted octanol–water partition coefficient (Wildman–Crippen LogP) is 5.83. The van der Waals surface area contributed by atoms with Crippen LogP contribution >= 0.6 is 0 Å². The zero-order valence-electron chi connectivity index (χ0n) is 24.9. The number of nitrogens with zero attached hydrogens (tertiary/aromatic N) is 2. The van der Waals surface area contributed by atoms with Gasteiger partial charge >= 0.3 is 0 Å². The monoisotopic (exact) mass is 582 g/mol. The topological polar surface area (TPSA) is 122 Å². The zero-order valence-corrected chi connectivity index (χ0v) is 25.7. The van der Waals surface area contributed by atoms with Gasteiger partial charge in [0.05, 0.1) is 10.6 Å². The van der Waals surface area contributed by atoms with Crippen molar-refractivity contribution >= 4 is 27.7 Å². The van der Waals surface area contributed by atoms with Crippen molar-refractivity contribution in [3.05, 3.63) is 65.4 Å². The van der Waals surface area contributed by atoms with Gasteiger partial charge in [0.2, 0.25) is 17.7 Å². The second-order valence-corrected chi connectivity index (χ2v) is 12.3. The fourth-order valence-corrected chi connectivity index (χ4v) is 5.86. The molecule has 2 aromatic carbocycles. The molecule has 0 saturated carbocycles. The largest absolute Gasteiger partial charge is 0.354 e. The van der Waals surface area contributed by atoms with Gasteiger partial charge in [0.25, 0.3) is 10.0 Å². The number of carbonyl (C=O) groups is 2. The van der Waals surface area contributed by atoms with Gasteiger partial charge in [-0.15, -0.1) is 0 Å². The van der Waals surface area contributed by atoms with Crippen LogP contribution in [0.3, 0.4) is 0 Å². The van der Waals surface area contributed by atoms with Crippen LogP contribution in [0.15, 0.2) is 57.9 Å². The second-order valence-electron chi connectivity index (χ2n) is 10.6. The Morgan fingerprint density at radius 1 is 1.00 bits per heavy atom. The van der Waals surface area contributed by atoms with Crippen LogP contribution in [0.2, 0.25) is 0 Å². The van der Waals surface area contributed by atoms with Crippen LogP contribution in [0.5, 0.6) is 0 Å². The Morgan fingerprint density at radius 3 is 2.27 bits per heavy atom. The molecule has 222 valence electrons. The van der Waals surface area contributed by atoms with Crippen molar-refractivity contribution in [1.82, 2.24) is 15.4 Å². The minimum Gasteiger partial charge on any atom is -0.354 e. The number of benzene rings is 2. The summed E-state index contributed by atoms with van der Waals surface area (Å²) in [6.45, 7) is 12.2. The van der Waals surface area contributed by atoms with Crippen molar-refractivity contribution in [2.45, 2.75) is 84.7 Å². The highest BCUT2D eigenvalue weighted by atomic mass is 32.2. The lowest BCUT2D eigenvalue weighted by atomic mass is 9.98. The molecule has 0 bridgehead atoms. The number of carbonyl (C=O) groups excluding carboxylic acids is 2. The summed E-state index contributed by atoms with van der Waals surface area (Å²) < 4.78 is 34.3. The highest BCUT2D eigenvalue weighted by Crippen LogP contribution is 2.30. The summed E-state index contributed by atoms with van der Waals surface area (Å²) in [4.78, 5) is 28.2. The first-order valence-electron chi connectivity index (χ1n) is 14.2. The van der Waals surface area contributed by atoms with E-state index in [4.69, 9.17) is 4.52 Å². The lowest BCUT2D eigenvalue weighted by Crippen LogP contribution is -2.52. The number of unbranched alkanes of at least 4 members (excludes halogenated alkanes) is 1. The first kappa shape index (κ1) is 31.9. The van der Waals surface area contributed by atoms with Gasteiger partial charge in [-0.25, -0.2) is 13.1 Å². The van der Waals surface area contributed by atoms with E-state index in [9.17, 15) is 18.0 Å². The highest BCUT2D eigenvalue weighted by Gasteiger charge is 2.32. The summed E-state index contributed by atoms with van der Waals surface area (Å²) in [5, 5.41) is 6.79. The Hall–Kier alpha value is -3.66. The third kappa shape index (κ3) is 7.97. The van der Waals surface area contributed by atoms with E-state index in [1.54, 1.807) is 43.0 Å². The van der Waals surface area contributed by atoms with Crippen molar-refractivity contribution in [2.24, 2.45) is 5.92 Å². The first-order valence-corrected chi connectivity index (χ1v) is 15.7. The molecule has 3 aromatic rings. The molecule has 2 N–H and O–H groups in total. The normalized spacial score (nSPS) is 12.3. The average Bonchev–Trinajstić information content (AvgIpc) is 3.26. The Balaban J connectivity index is 1.91. The third-order valence-electron chi connectivity index (χ3n) is 7.03. The number of nitrogens with one attached hydrogen (secondary N) is 2. The molecule has 0 unspecified atom stereocenters. The number of sulfonamides is 1. The van der Waals surface area contributed by atoms with Gasteiger partial charge in [-0.1, -0.05) is 81.7 Å². The second kappa shape index (κ2) is 14.3. The fourth-order valence-electron chi connectivity index (χ4n) is 4.58. The average molecular weight is 583 g/mol. The number of rotatable bonds is 14. The van der Waals surface area contributed by atoms with Gasteiger partial charge < -0.3 is 14.7 Å². The quantitative estimate of drug-likeness (QED) is 0.247. The van der Waals surface area contributed by atoms with Gasteiger partial charge in [-0.2, -0.15) is 0 Å². The molecule has 3 rings (SSSR count). The van der Waals surface area contributed by atoms with E-state index >= 15 is 0 Å². The summed E-state index contributed by atoms with van der Waals surface area (Å²) in [6, 6.07) is 13.6. The van der Waals surface area contributed by atoms with Gasteiger partial charge in [0.1, 0.15) is 6.04 Å². The minimum absolute atomic E-state index is 0.0539. The van der Waals surface area contributed by atoms with Crippen molar-refractivity contribution in [2.75, 3.05) is 11.3 Å². The zero-order chi connectivity index (χ0) is 30.2. The molecule has 0 spiro atoms. The number of aromatic nitrogens is 1. The van der Waals surface area contributed by atoms with Crippen LogP contribution in [-0.2, 0) is 26.2 Å². The molecule has 0 aliphatic rings. The Kier molecular flexibility index (Phi) is 11.1. The summed E-state index contributed by atoms with van der Waals surface area (Å²) in [6.07, 6.45) is 2.82. The number of amides is 2. The number of anilines is 1. The molecule has 0 radical (unpaired) electrons. The van der Waals surface area contributed by atoms with Crippen molar-refractivity contribution < 1.29 is 22.5 Å². The molecule has 0 aliphatic carbocycles. The Morgan fingerprint density at radius 2 is 1.68 bits per heavy atom. The van der Waals surface area contributed by atoms with E-state index in [0.29, 0.717) is 35.3 Å². The maximum atomic E-state index is 13.3. The smallest absolute Gasteiger partial charge is 0.264 e. The minimum atomic E-state index is -3.97. The molecule has 0 aliphatic heterocycles. The molecular formula is C31H42N4O5S. The van der Waals surface area contributed by atoms with E-state index in [2.05, 4.69) is 15.2 Å². The van der Waals surface area contributed by atoms with E-state index in [1.807, 2.05) is 52.0 Å². The van der Waals surface area contributed by atoms with Gasteiger partial charge in [0, 0.05) is 30.6 Å². The lowest BCUT2D eigenvalue weighted by molar-refractivity contribution is -0.143. The van der Waals surface area contributed by atoms with Gasteiger partial charge in [-0.05, 0) is 49.8 Å². The number of aryl methyl sites for hydroxylation is 1. The fraction of sp³-hybridized carbons (Fsp3) is 0.452. The van der Waals surface area contributed by atoms with Crippen LogP contribution in [0.25, 0.3) is 11.1 Å². The molecule has 1 heterocycles. The molecule has 0 saturated heterocycles. The van der Waals surface area contributed by atoms with Crippen LogP contribution in [0, 0.1) is 19.8 Å². The van der Waals surface area contributed by atoms with E-state index in [-0.39, 0.29) is 35.1 Å². The summed E-state index contributed by atoms with van der Waals surface area (Å²) in [7, 11) is -3.97. The molecule has 41 heavy (non-hydrogen) atoms. The number of hydrogen-bond acceptors (Lipinski definition) is 6. The van der Waals surface area contributed by atoms with Crippen molar-refractivity contribution in [1.29, 1.82) is 0 Å². The predicted molar refractivity (Wildman–Crippen MR) is 161 cm³/mol. The van der Waals surface area contributed by atoms with E-state index in [1.165, 1.54) is 0 Å². The lowest BCUT2D eigenvalue weighted by Gasteiger charge is -2.34. The maximum absolute atomic E-state index is 13.3. The summed E-state index contributed by atoms with van der Waals surface area (Å²) >= 11 is 0. The van der Waals surface area contributed by atoms with Crippen LogP contribution < -0.4 is 10.0 Å². The van der Waals surface area contributed by atoms with Crippen molar-refractivity contribution in [3.63, 3.8) is 0 Å². The Labute approximate surface area is 243 Å². The molecular weight excluding hydrogens is 540 g/mol. The van der Waals surface area contributed by atoms with Crippen LogP contribution in [0.4, 0.5) is 5.88 Å². The molecule has 1 atom stereocenters. The third-order valence-corrected chi connectivity index (χ3v) is 8.42. The standard InChI is InChI=1S/C31H42N4O5S/c1-7-9-14-28(36)35(29(21(3)4)30(37)32-19-8-2)20-24-15-17-25(18-16-24)26-12-10-11-13-27(26)41(38,39)34-31-22(5)23(6)33-40-31/h10-13,15-18,21,29,34H,7-9,14,19-20H2,1-6H3,(H,32,37)/t29-/m0/s1. The van der Waals surface area contributed by atoms with Gasteiger partial charge in [-0.3, -0.25) is 9.59 Å². The summed E-state index contributed by atoms with van der Waals surface area (Å²) in [5.41, 5.74) is 3.30. The molecule has 9 nitrogen and oxygen atoms in total.